The molecule has 0 aliphatic rings. The van der Waals surface area contributed by atoms with Crippen molar-refractivity contribution in [2.75, 3.05) is 26.1 Å². The lowest BCUT2D eigenvalue weighted by Crippen LogP contribution is -2.33. The molecule has 0 aliphatic carbocycles. The molecule has 0 saturated heterocycles. The number of hydrogen-bond donors (Lipinski definition) is 0. The molecule has 0 bridgehead atoms. The number of halogens is 1. The molecule has 4 heteroatoms. The summed E-state index contributed by atoms with van der Waals surface area (Å²) in [5.74, 6) is 1.53. The van der Waals surface area contributed by atoms with Crippen LogP contribution in [0.25, 0.3) is 0 Å². The number of alkyl halides is 1. The smallest absolute Gasteiger partial charge is 0.222 e. The summed E-state index contributed by atoms with van der Waals surface area (Å²) >= 11 is 5.76. The molecule has 0 atom stereocenters. The van der Waals surface area contributed by atoms with Gasteiger partial charge in [-0.15, -0.1) is 11.6 Å². The number of rotatable bonds is 9. The zero-order chi connectivity index (χ0) is 14.8. The molecule has 0 N–H and O–H groups in total. The Bertz CT molecular complexity index is 392. The Morgan fingerprint density at radius 2 is 1.95 bits per heavy atom. The lowest BCUT2D eigenvalue weighted by molar-refractivity contribution is -0.131. The summed E-state index contributed by atoms with van der Waals surface area (Å²) in [6.07, 6.45) is 3.41. The van der Waals surface area contributed by atoms with E-state index in [2.05, 4.69) is 6.92 Å². The maximum absolute atomic E-state index is 12.2. The summed E-state index contributed by atoms with van der Waals surface area (Å²) in [5, 5.41) is 0. The first-order valence-corrected chi connectivity index (χ1v) is 7.71. The minimum Gasteiger partial charge on any atom is -0.497 e. The molecule has 0 aromatic heterocycles. The van der Waals surface area contributed by atoms with Crippen molar-refractivity contribution in [1.82, 2.24) is 4.90 Å². The van der Waals surface area contributed by atoms with Crippen molar-refractivity contribution < 1.29 is 9.53 Å². The number of amides is 1. The van der Waals surface area contributed by atoms with Gasteiger partial charge in [-0.25, -0.2) is 0 Å². The van der Waals surface area contributed by atoms with Crippen molar-refractivity contribution in [3.05, 3.63) is 29.8 Å². The van der Waals surface area contributed by atoms with Crippen LogP contribution in [-0.2, 0) is 11.2 Å². The van der Waals surface area contributed by atoms with Crippen LogP contribution in [0, 0.1) is 0 Å². The number of carbonyl (C=O) groups is 1. The van der Waals surface area contributed by atoms with E-state index < -0.39 is 0 Å². The molecule has 112 valence electrons. The Balaban J connectivity index is 2.46. The monoisotopic (exact) mass is 297 g/mol. The third-order valence-electron chi connectivity index (χ3n) is 3.28. The van der Waals surface area contributed by atoms with Crippen LogP contribution < -0.4 is 4.74 Å². The summed E-state index contributed by atoms with van der Waals surface area (Å²) in [4.78, 5) is 14.1. The molecule has 0 fully saturated rings. The Hall–Kier alpha value is -1.22. The summed E-state index contributed by atoms with van der Waals surface area (Å²) in [6.45, 7) is 3.58. The molecule has 0 spiro atoms. The van der Waals surface area contributed by atoms with Crippen molar-refractivity contribution in [3.63, 3.8) is 0 Å². The molecule has 20 heavy (non-hydrogen) atoms. The van der Waals surface area contributed by atoms with Gasteiger partial charge in [0.2, 0.25) is 5.91 Å². The van der Waals surface area contributed by atoms with Gasteiger partial charge in [-0.3, -0.25) is 4.79 Å². The molecule has 3 nitrogen and oxygen atoms in total. The topological polar surface area (TPSA) is 29.5 Å². The number of aryl methyl sites for hydroxylation is 1. The highest BCUT2D eigenvalue weighted by Crippen LogP contribution is 2.13. The Morgan fingerprint density at radius 3 is 2.50 bits per heavy atom. The van der Waals surface area contributed by atoms with Crippen LogP contribution in [0.2, 0.25) is 0 Å². The lowest BCUT2D eigenvalue weighted by Gasteiger charge is -2.21. The average molecular weight is 298 g/mol. The molecule has 1 aromatic carbocycles. The summed E-state index contributed by atoms with van der Waals surface area (Å²) < 4.78 is 5.12. The Kier molecular flexibility index (Phi) is 8.12. The molecule has 0 unspecified atom stereocenters. The van der Waals surface area contributed by atoms with E-state index >= 15 is 0 Å². The predicted octanol–water partition coefficient (Wildman–Crippen LogP) is 3.50. The van der Waals surface area contributed by atoms with Gasteiger partial charge < -0.3 is 9.64 Å². The maximum Gasteiger partial charge on any atom is 0.222 e. The van der Waals surface area contributed by atoms with Crippen LogP contribution in [0.15, 0.2) is 24.3 Å². The van der Waals surface area contributed by atoms with Crippen molar-refractivity contribution in [2.45, 2.75) is 32.6 Å². The number of carbonyl (C=O) groups excluding carboxylic acids is 1. The quantitative estimate of drug-likeness (QED) is 0.653. The third-order valence-corrected chi connectivity index (χ3v) is 3.44. The number of benzene rings is 1. The van der Waals surface area contributed by atoms with E-state index in [0.29, 0.717) is 18.8 Å². The molecule has 0 radical (unpaired) electrons. The Labute approximate surface area is 126 Å². The van der Waals surface area contributed by atoms with Crippen molar-refractivity contribution >= 4 is 17.5 Å². The number of hydrogen-bond acceptors (Lipinski definition) is 2. The van der Waals surface area contributed by atoms with Crippen molar-refractivity contribution in [1.29, 1.82) is 0 Å². The second-order valence-electron chi connectivity index (χ2n) is 4.77. The van der Waals surface area contributed by atoms with Gasteiger partial charge in [-0.1, -0.05) is 25.5 Å². The fourth-order valence-electron chi connectivity index (χ4n) is 2.01. The molecule has 0 heterocycles. The molecule has 1 rings (SSSR count). The van der Waals surface area contributed by atoms with E-state index in [9.17, 15) is 4.79 Å². The van der Waals surface area contributed by atoms with Crippen LogP contribution in [0.3, 0.4) is 0 Å². The normalized spacial score (nSPS) is 10.3. The third kappa shape index (κ3) is 5.83. The number of unbranched alkanes of at least 4 members (excludes halogenated alkanes) is 1. The first-order chi connectivity index (χ1) is 9.71. The molecule has 1 amide bonds. The van der Waals surface area contributed by atoms with Gasteiger partial charge in [0.25, 0.3) is 0 Å². The fraction of sp³-hybridized carbons (Fsp3) is 0.562. The standard InChI is InChI=1S/C16H24ClNO2/c1-3-4-12-18(13-11-17)16(19)10-7-14-5-8-15(20-2)9-6-14/h5-6,8-9H,3-4,7,10-13H2,1-2H3. The van der Waals surface area contributed by atoms with Gasteiger partial charge >= 0.3 is 0 Å². The first kappa shape index (κ1) is 16.8. The highest BCUT2D eigenvalue weighted by Gasteiger charge is 2.12. The summed E-state index contributed by atoms with van der Waals surface area (Å²) in [5.41, 5.74) is 1.15. The van der Waals surface area contributed by atoms with E-state index in [-0.39, 0.29) is 5.91 Å². The largest absolute Gasteiger partial charge is 0.497 e. The van der Waals surface area contributed by atoms with E-state index in [0.717, 1.165) is 37.1 Å². The van der Waals surface area contributed by atoms with Gasteiger partial charge in [0, 0.05) is 25.4 Å². The Morgan fingerprint density at radius 1 is 1.25 bits per heavy atom. The van der Waals surface area contributed by atoms with Crippen LogP contribution in [-0.4, -0.2) is 36.9 Å². The summed E-state index contributed by atoms with van der Waals surface area (Å²) in [6, 6.07) is 7.86. The van der Waals surface area contributed by atoms with Crippen LogP contribution in [0.5, 0.6) is 5.75 Å². The second kappa shape index (κ2) is 9.65. The maximum atomic E-state index is 12.2. The minimum absolute atomic E-state index is 0.190. The number of ether oxygens (including phenoxy) is 1. The zero-order valence-corrected chi connectivity index (χ0v) is 13.2. The number of methoxy groups -OCH3 is 1. The highest BCUT2D eigenvalue weighted by molar-refractivity contribution is 6.18. The second-order valence-corrected chi connectivity index (χ2v) is 5.15. The molecule has 0 saturated carbocycles. The minimum atomic E-state index is 0.190. The van der Waals surface area contributed by atoms with Crippen molar-refractivity contribution in [3.8, 4) is 5.75 Å². The zero-order valence-electron chi connectivity index (χ0n) is 12.4. The van der Waals surface area contributed by atoms with Gasteiger partial charge in [0.05, 0.1) is 7.11 Å². The van der Waals surface area contributed by atoms with Gasteiger partial charge in [-0.2, -0.15) is 0 Å². The van der Waals surface area contributed by atoms with E-state index in [1.54, 1.807) is 7.11 Å². The lowest BCUT2D eigenvalue weighted by atomic mass is 10.1. The molecule has 0 aliphatic heterocycles. The van der Waals surface area contributed by atoms with Crippen LogP contribution >= 0.6 is 11.6 Å². The molecular formula is C16H24ClNO2. The van der Waals surface area contributed by atoms with Crippen LogP contribution in [0.1, 0.15) is 31.7 Å². The van der Waals surface area contributed by atoms with Gasteiger partial charge in [0.1, 0.15) is 5.75 Å². The first-order valence-electron chi connectivity index (χ1n) is 7.18. The van der Waals surface area contributed by atoms with E-state index in [1.807, 2.05) is 29.2 Å². The van der Waals surface area contributed by atoms with Gasteiger partial charge in [-0.05, 0) is 30.5 Å². The average Bonchev–Trinajstić information content (AvgIpc) is 2.49. The predicted molar refractivity (Wildman–Crippen MR) is 83.5 cm³/mol. The molecule has 1 aromatic rings. The van der Waals surface area contributed by atoms with Crippen LogP contribution in [0.4, 0.5) is 0 Å². The fourth-order valence-corrected chi connectivity index (χ4v) is 2.22. The van der Waals surface area contributed by atoms with E-state index in [4.69, 9.17) is 16.3 Å². The van der Waals surface area contributed by atoms with E-state index in [1.165, 1.54) is 0 Å². The van der Waals surface area contributed by atoms with Gasteiger partial charge in [0.15, 0.2) is 0 Å². The number of nitrogens with zero attached hydrogens (tertiary/aromatic N) is 1. The summed E-state index contributed by atoms with van der Waals surface area (Å²) in [7, 11) is 1.65. The van der Waals surface area contributed by atoms with Crippen molar-refractivity contribution in [2.24, 2.45) is 0 Å². The molecular weight excluding hydrogens is 274 g/mol. The highest BCUT2D eigenvalue weighted by atomic mass is 35.5. The SMILES string of the molecule is CCCCN(CCCl)C(=O)CCc1ccc(OC)cc1.